The molecule has 2 aromatic rings. The Labute approximate surface area is 186 Å². The van der Waals surface area contributed by atoms with Gasteiger partial charge in [0.2, 0.25) is 0 Å². The van der Waals surface area contributed by atoms with Crippen molar-refractivity contribution < 1.29 is 28.2 Å². The van der Waals surface area contributed by atoms with Crippen molar-refractivity contribution >= 4 is 14.6 Å². The number of benzene rings is 1. The van der Waals surface area contributed by atoms with Crippen LogP contribution in [-0.2, 0) is 29.7 Å². The van der Waals surface area contributed by atoms with Gasteiger partial charge in [0.15, 0.2) is 0 Å². The first-order valence-electron chi connectivity index (χ1n) is 10.3. The average molecular weight is 466 g/mol. The number of hydrogen-bond acceptors (Lipinski definition) is 8. The second kappa shape index (κ2) is 11.5. The fourth-order valence-electron chi connectivity index (χ4n) is 3.40. The van der Waals surface area contributed by atoms with Gasteiger partial charge in [0.05, 0.1) is 13.2 Å². The van der Waals surface area contributed by atoms with E-state index in [4.69, 9.17) is 18.5 Å². The van der Waals surface area contributed by atoms with E-state index in [9.17, 15) is 19.3 Å². The third-order valence-corrected chi connectivity index (χ3v) is 5.73. The molecule has 32 heavy (non-hydrogen) atoms. The number of carbonyl (C=O) groups excluding carboxylic acids is 1. The first-order valence-corrected chi connectivity index (χ1v) is 11.4. The predicted molar refractivity (Wildman–Crippen MR) is 116 cm³/mol. The highest BCUT2D eigenvalue weighted by Crippen LogP contribution is 2.36. The summed E-state index contributed by atoms with van der Waals surface area (Å²) in [6.07, 6.45) is 0.979. The van der Waals surface area contributed by atoms with Crippen molar-refractivity contribution in [2.75, 3.05) is 13.2 Å². The Morgan fingerprint density at radius 3 is 2.75 bits per heavy atom. The minimum absolute atomic E-state index is 0.0909. The van der Waals surface area contributed by atoms with Crippen LogP contribution >= 0.6 is 8.60 Å². The molecule has 0 saturated carbocycles. The molecule has 2 N–H and O–H groups in total. The minimum atomic E-state index is -2.14. The summed E-state index contributed by atoms with van der Waals surface area (Å²) in [6, 6.07) is 9.94. The van der Waals surface area contributed by atoms with Crippen molar-refractivity contribution in [3.05, 3.63) is 68.5 Å². The highest BCUT2D eigenvalue weighted by atomic mass is 31.2. The van der Waals surface area contributed by atoms with Crippen LogP contribution < -0.4 is 11.2 Å². The summed E-state index contributed by atoms with van der Waals surface area (Å²) in [6.45, 7) is 3.08. The summed E-state index contributed by atoms with van der Waals surface area (Å²) in [5, 5.41) is 0. The lowest BCUT2D eigenvalue weighted by molar-refractivity contribution is -0.150. The average Bonchev–Trinajstić information content (AvgIpc) is 3.14. The summed E-state index contributed by atoms with van der Waals surface area (Å²) in [5.41, 5.74) is 0.428. The van der Waals surface area contributed by atoms with E-state index in [1.54, 1.807) is 6.92 Å². The van der Waals surface area contributed by atoms with Crippen molar-refractivity contribution in [1.82, 2.24) is 9.55 Å². The molecule has 1 aromatic heterocycles. The van der Waals surface area contributed by atoms with Crippen LogP contribution in [-0.4, -0.2) is 45.8 Å². The topological polar surface area (TPSA) is 129 Å². The molecule has 1 aromatic carbocycles. The lowest BCUT2D eigenvalue weighted by Crippen LogP contribution is -2.33. The quantitative estimate of drug-likeness (QED) is 0.309. The van der Waals surface area contributed by atoms with E-state index in [0.29, 0.717) is 12.2 Å². The van der Waals surface area contributed by atoms with E-state index in [1.807, 2.05) is 30.3 Å². The molecular weight excluding hydrogens is 439 g/mol. The first kappa shape index (κ1) is 24.3. The van der Waals surface area contributed by atoms with Gasteiger partial charge < -0.3 is 23.4 Å². The maximum Gasteiger partial charge on any atom is 0.330 e. The predicted octanol–water partition coefficient (Wildman–Crippen LogP) is 1.95. The maximum absolute atomic E-state index is 12.2. The molecule has 2 heterocycles. The van der Waals surface area contributed by atoms with E-state index in [2.05, 4.69) is 4.98 Å². The summed E-state index contributed by atoms with van der Waals surface area (Å²) >= 11 is 0. The SMILES string of the molecule is CC(=O)O[C@H]1C[C@H](n2cc(C)c(=O)[nH]c2=O)O[C@@H]1COP(O)OCCCc1ccccc1. The van der Waals surface area contributed by atoms with Crippen LogP contribution in [0.5, 0.6) is 0 Å². The van der Waals surface area contributed by atoms with Gasteiger partial charge >= 0.3 is 20.3 Å². The number of rotatable bonds is 10. The molecule has 10 nitrogen and oxygen atoms in total. The Balaban J connectivity index is 1.52. The monoisotopic (exact) mass is 466 g/mol. The number of ether oxygens (including phenoxy) is 2. The number of hydrogen-bond donors (Lipinski definition) is 2. The molecule has 0 amide bonds. The van der Waals surface area contributed by atoms with Crippen molar-refractivity contribution in [1.29, 1.82) is 0 Å². The molecule has 1 saturated heterocycles. The van der Waals surface area contributed by atoms with Gasteiger partial charge in [-0.2, -0.15) is 0 Å². The second-order valence-electron chi connectivity index (χ2n) is 7.45. The number of nitrogens with one attached hydrogen (secondary N) is 1. The largest absolute Gasteiger partial charge is 0.460 e. The third kappa shape index (κ3) is 6.82. The molecule has 1 aliphatic heterocycles. The van der Waals surface area contributed by atoms with Gasteiger partial charge in [-0.15, -0.1) is 0 Å². The number of esters is 1. The van der Waals surface area contributed by atoms with Crippen molar-refractivity contribution in [2.24, 2.45) is 0 Å². The standard InChI is InChI=1S/C21H27N2O8P/c1-14-12-23(21(26)22-20(14)25)19-11-17(30-15(2)24)18(31-19)13-29-32(27)28-10-6-9-16-7-4-3-5-8-16/h3-5,7-8,12,17-19,27H,6,9-11,13H2,1-2H3,(H,22,25,26)/t17-,18+,19+,32?/m0/s1. The summed E-state index contributed by atoms with van der Waals surface area (Å²) in [5.74, 6) is -0.502. The molecule has 4 atom stereocenters. The molecule has 0 spiro atoms. The normalized spacial score (nSPS) is 21.4. The zero-order chi connectivity index (χ0) is 23.1. The number of nitrogens with zero attached hydrogens (tertiary/aromatic N) is 1. The summed E-state index contributed by atoms with van der Waals surface area (Å²) in [7, 11) is -2.14. The molecule has 3 rings (SSSR count). The van der Waals surface area contributed by atoms with Crippen LogP contribution in [0.2, 0.25) is 0 Å². The molecule has 174 valence electrons. The van der Waals surface area contributed by atoms with Gasteiger partial charge in [0, 0.05) is 25.1 Å². The maximum atomic E-state index is 12.2. The minimum Gasteiger partial charge on any atom is -0.460 e. The van der Waals surface area contributed by atoms with Gasteiger partial charge in [-0.05, 0) is 25.3 Å². The highest BCUT2D eigenvalue weighted by molar-refractivity contribution is 7.40. The molecule has 0 radical (unpaired) electrons. The number of aromatic amines is 1. The lowest BCUT2D eigenvalue weighted by Gasteiger charge is -2.19. The van der Waals surface area contributed by atoms with Gasteiger partial charge in [-0.3, -0.25) is 19.1 Å². The van der Waals surface area contributed by atoms with Gasteiger partial charge in [-0.25, -0.2) is 4.79 Å². The van der Waals surface area contributed by atoms with E-state index >= 15 is 0 Å². The van der Waals surface area contributed by atoms with Crippen molar-refractivity contribution in [3.8, 4) is 0 Å². The van der Waals surface area contributed by atoms with Gasteiger partial charge in [-0.1, -0.05) is 30.3 Å². The van der Waals surface area contributed by atoms with E-state index in [0.717, 1.165) is 12.8 Å². The Morgan fingerprint density at radius 1 is 1.28 bits per heavy atom. The van der Waals surface area contributed by atoms with Crippen LogP contribution in [0.1, 0.15) is 37.1 Å². The number of aromatic nitrogens is 2. The zero-order valence-electron chi connectivity index (χ0n) is 17.9. The van der Waals surface area contributed by atoms with Gasteiger partial charge in [0.1, 0.15) is 18.4 Å². The molecule has 0 bridgehead atoms. The van der Waals surface area contributed by atoms with Crippen LogP contribution in [0.3, 0.4) is 0 Å². The Kier molecular flexibility index (Phi) is 8.72. The van der Waals surface area contributed by atoms with Crippen LogP contribution in [0.15, 0.2) is 46.1 Å². The second-order valence-corrected chi connectivity index (χ2v) is 8.44. The number of aryl methyl sites for hydroxylation is 2. The van der Waals surface area contributed by atoms with Crippen LogP contribution in [0, 0.1) is 6.92 Å². The third-order valence-electron chi connectivity index (χ3n) is 4.96. The van der Waals surface area contributed by atoms with E-state index < -0.39 is 44.3 Å². The fraction of sp³-hybridized carbons (Fsp3) is 0.476. The lowest BCUT2D eigenvalue weighted by atomic mass is 10.1. The molecule has 11 heteroatoms. The fourth-order valence-corrected chi connectivity index (χ4v) is 4.03. The van der Waals surface area contributed by atoms with Crippen molar-refractivity contribution in [2.45, 2.75) is 51.5 Å². The van der Waals surface area contributed by atoms with E-state index in [1.165, 1.54) is 23.3 Å². The summed E-state index contributed by atoms with van der Waals surface area (Å²) in [4.78, 5) is 47.5. The molecule has 1 fully saturated rings. The van der Waals surface area contributed by atoms with Gasteiger partial charge in [0.25, 0.3) is 5.56 Å². The zero-order valence-corrected chi connectivity index (χ0v) is 18.8. The Hall–Kier alpha value is -2.36. The highest BCUT2D eigenvalue weighted by Gasteiger charge is 2.39. The Bertz CT molecular complexity index is 1010. The number of H-pyrrole nitrogens is 1. The Morgan fingerprint density at radius 2 is 2.03 bits per heavy atom. The molecular formula is C21H27N2O8P. The number of carbonyl (C=O) groups is 1. The molecule has 1 unspecified atom stereocenters. The smallest absolute Gasteiger partial charge is 0.330 e. The van der Waals surface area contributed by atoms with Crippen molar-refractivity contribution in [3.63, 3.8) is 0 Å². The van der Waals surface area contributed by atoms with E-state index in [-0.39, 0.29) is 13.0 Å². The summed E-state index contributed by atoms with van der Waals surface area (Å²) < 4.78 is 23.1. The molecule has 1 aliphatic rings. The van der Waals surface area contributed by atoms with Crippen LogP contribution in [0.25, 0.3) is 0 Å². The molecule has 0 aliphatic carbocycles. The van der Waals surface area contributed by atoms with Crippen LogP contribution in [0.4, 0.5) is 0 Å². The first-order chi connectivity index (χ1) is 15.3.